The van der Waals surface area contributed by atoms with Gasteiger partial charge in [-0.05, 0) is 74.6 Å². The highest BCUT2D eigenvalue weighted by atomic mass is 32.2. The first-order valence-electron chi connectivity index (χ1n) is 11.6. The van der Waals surface area contributed by atoms with E-state index in [0.717, 1.165) is 36.5 Å². The summed E-state index contributed by atoms with van der Waals surface area (Å²) in [7, 11) is 0. The molecule has 0 radical (unpaired) electrons. The molecule has 2 saturated carbocycles. The predicted molar refractivity (Wildman–Crippen MR) is 134 cm³/mol. The first-order chi connectivity index (χ1) is 14.7. The minimum atomic E-state index is 0.245. The van der Waals surface area contributed by atoms with Gasteiger partial charge < -0.3 is 10.6 Å². The molecule has 2 fully saturated rings. The Morgan fingerprint density at radius 3 is 2.00 bits per heavy atom. The van der Waals surface area contributed by atoms with Crippen LogP contribution in [0.5, 0.6) is 0 Å². The molecule has 0 amide bonds. The van der Waals surface area contributed by atoms with Crippen molar-refractivity contribution in [3.05, 3.63) is 71.8 Å². The monoisotopic (exact) mass is 440 g/mol. The van der Waals surface area contributed by atoms with Gasteiger partial charge in [0.05, 0.1) is 10.7 Å². The maximum atomic E-state index is 4.75. The highest BCUT2D eigenvalue weighted by Gasteiger charge is 2.32. The Balaban J connectivity index is 1.17. The minimum Gasteiger partial charge on any atom is -0.305 e. The van der Waals surface area contributed by atoms with Gasteiger partial charge in [0.25, 0.3) is 0 Å². The van der Waals surface area contributed by atoms with Crippen LogP contribution < -0.4 is 10.6 Å². The van der Waals surface area contributed by atoms with Gasteiger partial charge in [-0.2, -0.15) is 12.6 Å². The van der Waals surface area contributed by atoms with E-state index in [1.165, 1.54) is 49.8 Å². The lowest BCUT2D eigenvalue weighted by molar-refractivity contribution is 0.296. The Bertz CT molecular complexity index is 729. The van der Waals surface area contributed by atoms with Gasteiger partial charge in [-0.1, -0.05) is 67.1 Å². The van der Waals surface area contributed by atoms with Crippen molar-refractivity contribution >= 4 is 24.4 Å². The summed E-state index contributed by atoms with van der Waals surface area (Å²) < 4.78 is 0. The number of hydrogen-bond acceptors (Lipinski definition) is 4. The lowest BCUT2D eigenvalue weighted by Crippen LogP contribution is -2.41. The van der Waals surface area contributed by atoms with E-state index in [0.29, 0.717) is 5.37 Å². The van der Waals surface area contributed by atoms with E-state index in [-0.39, 0.29) is 5.37 Å². The van der Waals surface area contributed by atoms with Crippen LogP contribution in [0.15, 0.2) is 60.7 Å². The average molecular weight is 441 g/mol. The lowest BCUT2D eigenvalue weighted by Gasteiger charge is -2.38. The van der Waals surface area contributed by atoms with E-state index in [1.54, 1.807) is 0 Å². The van der Waals surface area contributed by atoms with Crippen LogP contribution >= 0.6 is 24.4 Å². The van der Waals surface area contributed by atoms with Crippen LogP contribution in [0, 0.1) is 11.8 Å². The second kappa shape index (κ2) is 11.6. The lowest BCUT2D eigenvalue weighted by atomic mass is 9.85. The zero-order valence-electron chi connectivity index (χ0n) is 17.9. The molecule has 0 saturated heterocycles. The molecule has 0 aromatic heterocycles. The molecule has 4 heteroatoms. The van der Waals surface area contributed by atoms with E-state index in [2.05, 4.69) is 83.1 Å². The fraction of sp³-hybridized carbons (Fsp3) is 0.538. The van der Waals surface area contributed by atoms with Gasteiger partial charge in [0, 0.05) is 5.25 Å². The maximum absolute atomic E-state index is 4.75. The van der Waals surface area contributed by atoms with Crippen molar-refractivity contribution in [2.75, 3.05) is 13.1 Å². The van der Waals surface area contributed by atoms with E-state index in [4.69, 9.17) is 12.6 Å². The molecule has 2 N–H and O–H groups in total. The van der Waals surface area contributed by atoms with Crippen LogP contribution in [0.1, 0.15) is 43.2 Å². The van der Waals surface area contributed by atoms with E-state index in [1.807, 2.05) is 0 Å². The Labute approximate surface area is 192 Å². The summed E-state index contributed by atoms with van der Waals surface area (Å²) in [4.78, 5) is 0. The molecule has 162 valence electrons. The van der Waals surface area contributed by atoms with Crippen molar-refractivity contribution in [1.29, 1.82) is 0 Å². The summed E-state index contributed by atoms with van der Waals surface area (Å²) in [5, 5.41) is 9.12. The first kappa shape index (κ1) is 22.3. The molecule has 2 nitrogen and oxygen atoms in total. The second-order valence-corrected chi connectivity index (χ2v) is 11.2. The standard InChI is InChI=1S/C26H36N2S2/c29-25(16-20-8-3-1-4-9-20)27-19-23-14-24(15-23)30-26(28-18-22-12-7-13-22)17-21-10-5-2-6-11-21/h1-6,8-11,22-29H,7,12-19H2. The van der Waals surface area contributed by atoms with Gasteiger partial charge in [-0.25, -0.2) is 0 Å². The highest BCUT2D eigenvalue weighted by Crippen LogP contribution is 2.39. The van der Waals surface area contributed by atoms with E-state index >= 15 is 0 Å². The van der Waals surface area contributed by atoms with E-state index in [9.17, 15) is 0 Å². The normalized spacial score (nSPS) is 23.4. The Kier molecular flexibility index (Phi) is 8.62. The minimum absolute atomic E-state index is 0.245. The van der Waals surface area contributed by atoms with Crippen LogP contribution in [0.25, 0.3) is 0 Å². The summed E-state index contributed by atoms with van der Waals surface area (Å²) >= 11 is 6.93. The predicted octanol–water partition coefficient (Wildman–Crippen LogP) is 5.54. The number of rotatable bonds is 12. The van der Waals surface area contributed by atoms with Gasteiger partial charge in [-0.15, -0.1) is 11.8 Å². The summed E-state index contributed by atoms with van der Waals surface area (Å²) in [5.41, 5.74) is 2.81. The molecule has 2 unspecified atom stereocenters. The summed E-state index contributed by atoms with van der Waals surface area (Å²) in [5.74, 6) is 1.72. The van der Waals surface area contributed by atoms with Crippen LogP contribution in [-0.4, -0.2) is 29.1 Å². The Hall–Kier alpha value is -0.940. The summed E-state index contributed by atoms with van der Waals surface area (Å²) in [6.07, 6.45) is 9.05. The molecule has 0 bridgehead atoms. The first-order valence-corrected chi connectivity index (χ1v) is 13.1. The third kappa shape index (κ3) is 7.05. The summed E-state index contributed by atoms with van der Waals surface area (Å²) in [6.45, 7) is 2.29. The molecular formula is C26H36N2S2. The molecule has 2 aliphatic carbocycles. The molecule has 2 atom stereocenters. The van der Waals surface area contributed by atoms with Crippen LogP contribution in [0.4, 0.5) is 0 Å². The van der Waals surface area contributed by atoms with Crippen molar-refractivity contribution in [3.8, 4) is 0 Å². The molecular weight excluding hydrogens is 404 g/mol. The van der Waals surface area contributed by atoms with Gasteiger partial charge in [0.2, 0.25) is 0 Å². The largest absolute Gasteiger partial charge is 0.305 e. The quantitative estimate of drug-likeness (QED) is 0.298. The zero-order valence-corrected chi connectivity index (χ0v) is 19.6. The second-order valence-electron chi connectivity index (χ2n) is 9.09. The molecule has 2 aromatic rings. The van der Waals surface area contributed by atoms with Crippen LogP contribution in [0.2, 0.25) is 0 Å². The van der Waals surface area contributed by atoms with E-state index < -0.39 is 0 Å². The fourth-order valence-corrected chi connectivity index (χ4v) is 6.42. The van der Waals surface area contributed by atoms with Crippen molar-refractivity contribution in [2.24, 2.45) is 11.8 Å². The third-order valence-electron chi connectivity index (χ3n) is 6.59. The van der Waals surface area contributed by atoms with Crippen molar-refractivity contribution in [2.45, 2.75) is 60.9 Å². The molecule has 0 spiro atoms. The SMILES string of the molecule is SC(Cc1ccccc1)NCC1CC(SC(Cc2ccccc2)NCC2CCC2)C1. The maximum Gasteiger partial charge on any atom is 0.0575 e. The smallest absolute Gasteiger partial charge is 0.0575 e. The number of nitrogens with one attached hydrogen (secondary N) is 2. The molecule has 4 rings (SSSR count). The third-order valence-corrected chi connectivity index (χ3v) is 8.38. The van der Waals surface area contributed by atoms with Gasteiger partial charge >= 0.3 is 0 Å². The average Bonchev–Trinajstić information content (AvgIpc) is 2.69. The number of hydrogen-bond donors (Lipinski definition) is 3. The number of thiol groups is 1. The van der Waals surface area contributed by atoms with Gasteiger partial charge in [-0.3, -0.25) is 0 Å². The molecule has 0 aliphatic heterocycles. The highest BCUT2D eigenvalue weighted by molar-refractivity contribution is 8.00. The van der Waals surface area contributed by atoms with Crippen molar-refractivity contribution in [1.82, 2.24) is 10.6 Å². The molecule has 0 heterocycles. The van der Waals surface area contributed by atoms with Gasteiger partial charge in [0.1, 0.15) is 0 Å². The van der Waals surface area contributed by atoms with Gasteiger partial charge in [0.15, 0.2) is 0 Å². The van der Waals surface area contributed by atoms with Crippen molar-refractivity contribution < 1.29 is 0 Å². The summed E-state index contributed by atoms with van der Waals surface area (Å²) in [6, 6.07) is 21.6. The van der Waals surface area contributed by atoms with Crippen LogP contribution in [0.3, 0.4) is 0 Å². The fourth-order valence-electron chi connectivity index (χ4n) is 4.39. The molecule has 30 heavy (non-hydrogen) atoms. The Morgan fingerprint density at radius 1 is 0.800 bits per heavy atom. The van der Waals surface area contributed by atoms with Crippen molar-refractivity contribution in [3.63, 3.8) is 0 Å². The number of thioether (sulfide) groups is 1. The molecule has 2 aromatic carbocycles. The Morgan fingerprint density at radius 2 is 1.40 bits per heavy atom. The zero-order chi connectivity index (χ0) is 20.6. The number of benzene rings is 2. The topological polar surface area (TPSA) is 24.1 Å². The van der Waals surface area contributed by atoms with Crippen LogP contribution in [-0.2, 0) is 12.8 Å². The molecule has 2 aliphatic rings.